The second-order valence-corrected chi connectivity index (χ2v) is 7.94. The summed E-state index contributed by atoms with van der Waals surface area (Å²) in [5, 5.41) is 3.71. The van der Waals surface area contributed by atoms with Gasteiger partial charge in [0.1, 0.15) is 12.4 Å². The minimum atomic E-state index is -0.382. The highest BCUT2D eigenvalue weighted by atomic mass is 79.9. The van der Waals surface area contributed by atoms with E-state index in [1.54, 1.807) is 19.4 Å². The van der Waals surface area contributed by atoms with Crippen LogP contribution in [0, 0.1) is 5.82 Å². The Morgan fingerprint density at radius 1 is 1.13 bits per heavy atom. The van der Waals surface area contributed by atoms with Crippen LogP contribution < -0.4 is 19.5 Å². The van der Waals surface area contributed by atoms with Crippen LogP contribution in [-0.4, -0.2) is 25.2 Å². The number of pyridine rings is 1. The van der Waals surface area contributed by atoms with Crippen LogP contribution in [-0.2, 0) is 13.2 Å². The molecular weight excluding hydrogens is 487 g/mol. The van der Waals surface area contributed by atoms with Gasteiger partial charge in [0.05, 0.1) is 23.2 Å². The lowest BCUT2D eigenvalue weighted by molar-refractivity contribution is 0.282. The summed E-state index contributed by atoms with van der Waals surface area (Å²) in [6.45, 7) is 2.26. The van der Waals surface area contributed by atoms with Crippen molar-refractivity contribution in [3.63, 3.8) is 0 Å². The van der Waals surface area contributed by atoms with Crippen molar-refractivity contribution < 1.29 is 18.6 Å². The molecule has 0 aliphatic heterocycles. The zero-order valence-corrected chi connectivity index (χ0v) is 19.4. The highest BCUT2D eigenvalue weighted by molar-refractivity contribution is 9.10. The second kappa shape index (κ2) is 11.9. The van der Waals surface area contributed by atoms with Crippen molar-refractivity contribution in [3.8, 4) is 17.4 Å². The van der Waals surface area contributed by atoms with Crippen LogP contribution in [0.4, 0.5) is 4.39 Å². The first-order valence-electron chi connectivity index (χ1n) is 9.74. The molecular formula is C23H23BrClFN2O3. The molecule has 31 heavy (non-hydrogen) atoms. The van der Waals surface area contributed by atoms with Crippen molar-refractivity contribution in [2.24, 2.45) is 0 Å². The van der Waals surface area contributed by atoms with Crippen LogP contribution in [0.3, 0.4) is 0 Å². The Balaban J connectivity index is 1.50. The van der Waals surface area contributed by atoms with E-state index in [2.05, 4.69) is 26.2 Å². The van der Waals surface area contributed by atoms with Gasteiger partial charge in [0.2, 0.25) is 5.88 Å². The van der Waals surface area contributed by atoms with Gasteiger partial charge in [0.15, 0.2) is 11.5 Å². The zero-order chi connectivity index (χ0) is 22.1. The molecule has 0 aliphatic rings. The topological polar surface area (TPSA) is 52.6 Å². The molecule has 5 nitrogen and oxygen atoms in total. The Kier molecular flexibility index (Phi) is 8.94. The van der Waals surface area contributed by atoms with Crippen LogP contribution in [0.25, 0.3) is 0 Å². The average molecular weight is 510 g/mol. The van der Waals surface area contributed by atoms with Crippen LogP contribution >= 0.6 is 27.5 Å². The third-order valence-corrected chi connectivity index (χ3v) is 5.33. The summed E-state index contributed by atoms with van der Waals surface area (Å²) in [6, 6.07) is 13.7. The largest absolute Gasteiger partial charge is 0.493 e. The minimum absolute atomic E-state index is 0.196. The van der Waals surface area contributed by atoms with Crippen molar-refractivity contribution in [2.45, 2.75) is 19.6 Å². The highest BCUT2D eigenvalue weighted by Gasteiger charge is 2.13. The maximum absolute atomic E-state index is 13.2. The normalized spacial score (nSPS) is 10.7. The molecule has 3 aromatic rings. The van der Waals surface area contributed by atoms with Crippen LogP contribution in [0.5, 0.6) is 17.4 Å². The van der Waals surface area contributed by atoms with Crippen LogP contribution in [0.15, 0.2) is 59.2 Å². The van der Waals surface area contributed by atoms with E-state index in [1.165, 1.54) is 12.1 Å². The molecule has 1 heterocycles. The van der Waals surface area contributed by atoms with Gasteiger partial charge in [0, 0.05) is 24.4 Å². The van der Waals surface area contributed by atoms with Gasteiger partial charge in [-0.1, -0.05) is 23.7 Å². The smallest absolute Gasteiger partial charge is 0.213 e. The van der Waals surface area contributed by atoms with E-state index in [9.17, 15) is 4.39 Å². The minimum Gasteiger partial charge on any atom is -0.493 e. The molecule has 1 N–H and O–H groups in total. The zero-order valence-electron chi connectivity index (χ0n) is 17.0. The molecule has 164 valence electrons. The molecule has 0 saturated heterocycles. The number of ether oxygens (including phenoxy) is 3. The Hall–Kier alpha value is -2.35. The quantitative estimate of drug-likeness (QED) is 0.332. The van der Waals surface area contributed by atoms with Crippen molar-refractivity contribution >= 4 is 27.5 Å². The fourth-order valence-corrected chi connectivity index (χ4v) is 3.67. The Morgan fingerprint density at radius 3 is 2.74 bits per heavy atom. The predicted molar refractivity (Wildman–Crippen MR) is 122 cm³/mol. The van der Waals surface area contributed by atoms with Gasteiger partial charge in [-0.2, -0.15) is 0 Å². The molecule has 0 fully saturated rings. The fourth-order valence-electron chi connectivity index (χ4n) is 2.84. The monoisotopic (exact) mass is 508 g/mol. The van der Waals surface area contributed by atoms with Crippen molar-refractivity contribution in [3.05, 3.63) is 81.2 Å². The van der Waals surface area contributed by atoms with E-state index < -0.39 is 0 Å². The number of methoxy groups -OCH3 is 1. The number of halogens is 3. The van der Waals surface area contributed by atoms with Gasteiger partial charge in [-0.05, 0) is 64.8 Å². The highest BCUT2D eigenvalue weighted by Crippen LogP contribution is 2.37. The predicted octanol–water partition coefficient (Wildman–Crippen LogP) is 5.78. The number of aromatic nitrogens is 1. The number of benzene rings is 2. The molecule has 0 unspecified atom stereocenters. The number of nitrogens with one attached hydrogen (secondary N) is 1. The lowest BCUT2D eigenvalue weighted by atomic mass is 10.2. The summed E-state index contributed by atoms with van der Waals surface area (Å²) in [5.41, 5.74) is 1.73. The Bertz CT molecular complexity index is 992. The Morgan fingerprint density at radius 2 is 2.00 bits per heavy atom. The number of hydrogen-bond acceptors (Lipinski definition) is 5. The van der Waals surface area contributed by atoms with Crippen molar-refractivity contribution in [2.75, 3.05) is 20.3 Å². The standard InChI is InChI=1S/C23H23BrClFN2O3/c1-29-21-12-16(14-27-8-4-10-30-22-5-2-3-9-28-22)11-19(24)23(21)31-15-17-6-7-18(26)13-20(17)25/h2-3,5-7,9,11-13,27H,4,8,10,14-15H2,1H3. The van der Waals surface area contributed by atoms with E-state index in [4.69, 9.17) is 25.8 Å². The maximum atomic E-state index is 13.2. The van der Waals surface area contributed by atoms with E-state index in [1.807, 2.05) is 30.3 Å². The number of rotatable bonds is 11. The van der Waals surface area contributed by atoms with Gasteiger partial charge < -0.3 is 19.5 Å². The molecule has 0 spiro atoms. The summed E-state index contributed by atoms with van der Waals surface area (Å²) < 4.78 is 31.0. The molecule has 2 aromatic carbocycles. The van der Waals surface area contributed by atoms with E-state index in [0.717, 1.165) is 23.0 Å². The van der Waals surface area contributed by atoms with Gasteiger partial charge in [0.25, 0.3) is 0 Å². The Labute approximate surface area is 194 Å². The fraction of sp³-hybridized carbons (Fsp3) is 0.261. The third-order valence-electron chi connectivity index (χ3n) is 4.39. The molecule has 0 saturated carbocycles. The number of hydrogen-bond donors (Lipinski definition) is 1. The van der Waals surface area contributed by atoms with Gasteiger partial charge in [-0.3, -0.25) is 0 Å². The van der Waals surface area contributed by atoms with E-state index in [0.29, 0.717) is 41.1 Å². The summed E-state index contributed by atoms with van der Waals surface area (Å²) in [7, 11) is 1.59. The summed E-state index contributed by atoms with van der Waals surface area (Å²) in [6.07, 6.45) is 2.56. The molecule has 0 atom stereocenters. The van der Waals surface area contributed by atoms with Crippen molar-refractivity contribution in [1.29, 1.82) is 0 Å². The summed E-state index contributed by atoms with van der Waals surface area (Å²) in [5.74, 6) is 1.42. The average Bonchev–Trinajstić information content (AvgIpc) is 2.77. The molecule has 1 aromatic heterocycles. The van der Waals surface area contributed by atoms with E-state index >= 15 is 0 Å². The van der Waals surface area contributed by atoms with E-state index in [-0.39, 0.29) is 12.4 Å². The molecule has 3 rings (SSSR count). The molecule has 0 bridgehead atoms. The first-order chi connectivity index (χ1) is 15.1. The molecule has 0 aliphatic carbocycles. The third kappa shape index (κ3) is 7.09. The lowest BCUT2D eigenvalue weighted by Crippen LogP contribution is -2.17. The first kappa shape index (κ1) is 23.3. The van der Waals surface area contributed by atoms with Crippen LogP contribution in [0.1, 0.15) is 17.5 Å². The first-order valence-corrected chi connectivity index (χ1v) is 10.9. The summed E-state index contributed by atoms with van der Waals surface area (Å²) >= 11 is 9.63. The van der Waals surface area contributed by atoms with Gasteiger partial charge >= 0.3 is 0 Å². The van der Waals surface area contributed by atoms with Crippen LogP contribution in [0.2, 0.25) is 5.02 Å². The lowest BCUT2D eigenvalue weighted by Gasteiger charge is -2.15. The van der Waals surface area contributed by atoms with Crippen molar-refractivity contribution in [1.82, 2.24) is 10.3 Å². The SMILES string of the molecule is COc1cc(CNCCCOc2ccccn2)cc(Br)c1OCc1ccc(F)cc1Cl. The summed E-state index contributed by atoms with van der Waals surface area (Å²) in [4.78, 5) is 4.13. The van der Waals surface area contributed by atoms with Gasteiger partial charge in [-0.25, -0.2) is 9.37 Å². The maximum Gasteiger partial charge on any atom is 0.213 e. The molecule has 0 amide bonds. The molecule has 0 radical (unpaired) electrons. The number of nitrogens with zero attached hydrogens (tertiary/aromatic N) is 1. The second-order valence-electron chi connectivity index (χ2n) is 6.68. The van der Waals surface area contributed by atoms with Gasteiger partial charge in [-0.15, -0.1) is 0 Å². The molecule has 8 heteroatoms.